The summed E-state index contributed by atoms with van der Waals surface area (Å²) in [6.07, 6.45) is 0.922. The van der Waals surface area contributed by atoms with Gasteiger partial charge in [0.1, 0.15) is 5.75 Å². The number of phenols is 1. The lowest BCUT2D eigenvalue weighted by Crippen LogP contribution is -2.09. The minimum atomic E-state index is 0.0885. The average Bonchev–Trinajstić information content (AvgIpc) is 2.03. The molecule has 0 radical (unpaired) electrons. The molecule has 1 rings (SSSR count). The zero-order valence-electron chi connectivity index (χ0n) is 7.54. The quantitative estimate of drug-likeness (QED) is 0.705. The van der Waals surface area contributed by atoms with Crippen molar-refractivity contribution in [3.63, 3.8) is 0 Å². The summed E-state index contributed by atoms with van der Waals surface area (Å²) in [5, 5.41) is 9.15. The largest absolute Gasteiger partial charge is 0.508 e. The molecule has 0 aromatic heterocycles. The lowest BCUT2D eigenvalue weighted by Gasteiger charge is -2.12. The van der Waals surface area contributed by atoms with E-state index < -0.39 is 0 Å². The number of aryl methyl sites for hydroxylation is 1. The van der Waals surface area contributed by atoms with Crippen LogP contribution < -0.4 is 5.73 Å². The Morgan fingerprint density at radius 2 is 2.17 bits per heavy atom. The highest BCUT2D eigenvalue weighted by Gasteiger charge is 2.06. The Balaban J connectivity index is 3.01. The smallest absolute Gasteiger partial charge is 0.115 e. The van der Waals surface area contributed by atoms with E-state index in [2.05, 4.69) is 6.92 Å². The van der Waals surface area contributed by atoms with Crippen molar-refractivity contribution in [3.05, 3.63) is 29.3 Å². The van der Waals surface area contributed by atoms with Gasteiger partial charge in [-0.3, -0.25) is 0 Å². The first-order chi connectivity index (χ1) is 5.65. The summed E-state index contributed by atoms with van der Waals surface area (Å²) < 4.78 is 0. The Labute approximate surface area is 73.0 Å². The molecule has 0 heterocycles. The molecule has 66 valence electrons. The lowest BCUT2D eigenvalue weighted by atomic mass is 10.00. The number of phenolic OH excluding ortho intramolecular Hbond substituents is 1. The Hall–Kier alpha value is -1.02. The number of benzene rings is 1. The molecule has 1 aromatic carbocycles. The van der Waals surface area contributed by atoms with Gasteiger partial charge in [0.05, 0.1) is 0 Å². The maximum atomic E-state index is 9.15. The van der Waals surface area contributed by atoms with Crippen molar-refractivity contribution in [3.8, 4) is 5.75 Å². The lowest BCUT2D eigenvalue weighted by molar-refractivity contribution is 0.474. The fourth-order valence-electron chi connectivity index (χ4n) is 1.30. The summed E-state index contributed by atoms with van der Waals surface area (Å²) in [6.45, 7) is 4.02. The van der Waals surface area contributed by atoms with Crippen LogP contribution in [0.3, 0.4) is 0 Å². The SMILES string of the molecule is CCC(N)c1ccc(O)cc1C. The Bertz CT molecular complexity index is 271. The van der Waals surface area contributed by atoms with Crippen molar-refractivity contribution < 1.29 is 5.11 Å². The number of rotatable bonds is 2. The van der Waals surface area contributed by atoms with Crippen molar-refractivity contribution in [2.75, 3.05) is 0 Å². The monoisotopic (exact) mass is 165 g/mol. The minimum absolute atomic E-state index is 0.0885. The van der Waals surface area contributed by atoms with Gasteiger partial charge in [0.15, 0.2) is 0 Å². The van der Waals surface area contributed by atoms with E-state index in [1.165, 1.54) is 0 Å². The van der Waals surface area contributed by atoms with Crippen LogP contribution in [0.2, 0.25) is 0 Å². The van der Waals surface area contributed by atoms with Crippen molar-refractivity contribution in [1.29, 1.82) is 0 Å². The van der Waals surface area contributed by atoms with Crippen LogP contribution in [0.4, 0.5) is 0 Å². The number of nitrogens with two attached hydrogens (primary N) is 1. The van der Waals surface area contributed by atoms with Crippen molar-refractivity contribution in [2.24, 2.45) is 5.73 Å². The average molecular weight is 165 g/mol. The van der Waals surface area contributed by atoms with Crippen LogP contribution in [0, 0.1) is 6.92 Å². The first-order valence-electron chi connectivity index (χ1n) is 4.20. The van der Waals surface area contributed by atoms with Gasteiger partial charge in [-0.15, -0.1) is 0 Å². The van der Waals surface area contributed by atoms with E-state index in [1.807, 2.05) is 13.0 Å². The fraction of sp³-hybridized carbons (Fsp3) is 0.400. The van der Waals surface area contributed by atoms with Gasteiger partial charge in [-0.25, -0.2) is 0 Å². The molecule has 0 saturated heterocycles. The van der Waals surface area contributed by atoms with E-state index >= 15 is 0 Å². The van der Waals surface area contributed by atoms with E-state index in [-0.39, 0.29) is 6.04 Å². The Morgan fingerprint density at radius 3 is 2.67 bits per heavy atom. The van der Waals surface area contributed by atoms with Gasteiger partial charge >= 0.3 is 0 Å². The second-order valence-corrected chi connectivity index (χ2v) is 3.06. The van der Waals surface area contributed by atoms with E-state index in [0.29, 0.717) is 5.75 Å². The fourth-order valence-corrected chi connectivity index (χ4v) is 1.30. The third-order valence-corrected chi connectivity index (χ3v) is 2.09. The van der Waals surface area contributed by atoms with Crippen molar-refractivity contribution in [2.45, 2.75) is 26.3 Å². The highest BCUT2D eigenvalue weighted by molar-refractivity contribution is 5.35. The topological polar surface area (TPSA) is 46.2 Å². The molecule has 0 amide bonds. The highest BCUT2D eigenvalue weighted by atomic mass is 16.3. The first-order valence-corrected chi connectivity index (χ1v) is 4.20. The number of aromatic hydroxyl groups is 1. The molecule has 0 fully saturated rings. The van der Waals surface area contributed by atoms with E-state index in [4.69, 9.17) is 10.8 Å². The zero-order valence-corrected chi connectivity index (χ0v) is 7.54. The van der Waals surface area contributed by atoms with Gasteiger partial charge < -0.3 is 10.8 Å². The normalized spacial score (nSPS) is 12.9. The molecule has 0 aliphatic carbocycles. The van der Waals surface area contributed by atoms with Crippen molar-refractivity contribution in [1.82, 2.24) is 0 Å². The maximum Gasteiger partial charge on any atom is 0.115 e. The molecule has 0 bridgehead atoms. The Kier molecular flexibility index (Phi) is 2.71. The number of hydrogen-bond acceptors (Lipinski definition) is 2. The maximum absolute atomic E-state index is 9.15. The van der Waals surface area contributed by atoms with E-state index in [9.17, 15) is 0 Å². The summed E-state index contributed by atoms with van der Waals surface area (Å²) in [7, 11) is 0. The molecule has 2 nitrogen and oxygen atoms in total. The van der Waals surface area contributed by atoms with Gasteiger partial charge in [-0.05, 0) is 36.6 Å². The van der Waals surface area contributed by atoms with Crippen LogP contribution >= 0.6 is 0 Å². The van der Waals surface area contributed by atoms with Crippen LogP contribution in [0.15, 0.2) is 18.2 Å². The Morgan fingerprint density at radius 1 is 1.50 bits per heavy atom. The van der Waals surface area contributed by atoms with Crippen LogP contribution in [0.5, 0.6) is 5.75 Å². The van der Waals surface area contributed by atoms with Gasteiger partial charge in [0.2, 0.25) is 0 Å². The standard InChI is InChI=1S/C10H15NO/c1-3-10(11)9-5-4-8(12)6-7(9)2/h4-6,10,12H,3,11H2,1-2H3. The predicted octanol–water partition coefficient (Wildman–Crippen LogP) is 2.11. The number of hydrogen-bond donors (Lipinski definition) is 2. The molecule has 0 aliphatic heterocycles. The summed E-state index contributed by atoms with van der Waals surface area (Å²) >= 11 is 0. The van der Waals surface area contributed by atoms with Gasteiger partial charge in [0, 0.05) is 6.04 Å². The molecule has 1 aromatic rings. The molecule has 12 heavy (non-hydrogen) atoms. The summed E-state index contributed by atoms with van der Waals surface area (Å²) in [5.74, 6) is 0.305. The van der Waals surface area contributed by atoms with Crippen molar-refractivity contribution >= 4 is 0 Å². The van der Waals surface area contributed by atoms with E-state index in [1.54, 1.807) is 12.1 Å². The van der Waals surface area contributed by atoms with Gasteiger partial charge in [-0.1, -0.05) is 13.0 Å². The van der Waals surface area contributed by atoms with Crippen LogP contribution in [0.1, 0.15) is 30.5 Å². The second kappa shape index (κ2) is 3.59. The molecular weight excluding hydrogens is 150 g/mol. The van der Waals surface area contributed by atoms with Crippen LogP contribution in [0.25, 0.3) is 0 Å². The molecular formula is C10H15NO. The second-order valence-electron chi connectivity index (χ2n) is 3.06. The van der Waals surface area contributed by atoms with Gasteiger partial charge in [0.25, 0.3) is 0 Å². The summed E-state index contributed by atoms with van der Waals surface area (Å²) in [4.78, 5) is 0. The molecule has 3 N–H and O–H groups in total. The summed E-state index contributed by atoms with van der Waals surface area (Å²) in [5.41, 5.74) is 8.04. The highest BCUT2D eigenvalue weighted by Crippen LogP contribution is 2.21. The molecule has 1 unspecified atom stereocenters. The third-order valence-electron chi connectivity index (χ3n) is 2.09. The van der Waals surface area contributed by atoms with Crippen LogP contribution in [-0.4, -0.2) is 5.11 Å². The molecule has 0 saturated carbocycles. The first kappa shape index (κ1) is 9.07. The third kappa shape index (κ3) is 1.77. The van der Waals surface area contributed by atoms with Crippen LogP contribution in [-0.2, 0) is 0 Å². The van der Waals surface area contributed by atoms with E-state index in [0.717, 1.165) is 17.5 Å². The minimum Gasteiger partial charge on any atom is -0.508 e. The molecule has 0 spiro atoms. The zero-order chi connectivity index (χ0) is 9.14. The molecule has 1 atom stereocenters. The molecule has 2 heteroatoms. The van der Waals surface area contributed by atoms with Gasteiger partial charge in [-0.2, -0.15) is 0 Å². The predicted molar refractivity (Wildman–Crippen MR) is 50.1 cm³/mol. The summed E-state index contributed by atoms with van der Waals surface area (Å²) in [6, 6.07) is 5.40. The molecule has 0 aliphatic rings.